The molecule has 1 aliphatic heterocycles. The van der Waals surface area contributed by atoms with Crippen molar-refractivity contribution < 1.29 is 14.1 Å². The van der Waals surface area contributed by atoms with Crippen molar-refractivity contribution in [2.24, 2.45) is 0 Å². The average molecular weight is 437 g/mol. The first-order valence-electron chi connectivity index (χ1n) is 9.46. The molecular formula is C21H19N5O4S. The SMILES string of the molecule is Cc1ccccc1N1C(=O)/C(=C\c2ccc(Cn3nc(C)c([N+](=O)[O-])c3C)o2)NC1=S. The number of nitrogens with zero attached hydrogens (tertiary/aromatic N) is 4. The molecule has 2 aromatic heterocycles. The molecule has 0 atom stereocenters. The maximum Gasteiger partial charge on any atom is 0.312 e. The van der Waals surface area contributed by atoms with Crippen LogP contribution in [-0.2, 0) is 11.3 Å². The number of hydrogen-bond donors (Lipinski definition) is 1. The molecule has 31 heavy (non-hydrogen) atoms. The highest BCUT2D eigenvalue weighted by Gasteiger charge is 2.33. The molecule has 1 amide bonds. The van der Waals surface area contributed by atoms with Gasteiger partial charge in [0.25, 0.3) is 5.91 Å². The maximum absolute atomic E-state index is 12.9. The molecule has 4 rings (SSSR count). The zero-order valence-electron chi connectivity index (χ0n) is 17.1. The van der Waals surface area contributed by atoms with Crippen molar-refractivity contribution >= 4 is 40.7 Å². The highest BCUT2D eigenvalue weighted by molar-refractivity contribution is 7.80. The van der Waals surface area contributed by atoms with Crippen molar-refractivity contribution in [3.8, 4) is 0 Å². The lowest BCUT2D eigenvalue weighted by atomic mass is 10.2. The summed E-state index contributed by atoms with van der Waals surface area (Å²) in [5.41, 5.74) is 2.75. The molecule has 0 unspecified atom stereocenters. The molecule has 10 heteroatoms. The van der Waals surface area contributed by atoms with Crippen LogP contribution in [0.25, 0.3) is 6.08 Å². The number of aryl methyl sites for hydroxylation is 2. The number of rotatable bonds is 5. The molecular weight excluding hydrogens is 418 g/mol. The van der Waals surface area contributed by atoms with Crippen molar-refractivity contribution in [2.75, 3.05) is 4.90 Å². The van der Waals surface area contributed by atoms with Gasteiger partial charge in [-0.3, -0.25) is 24.5 Å². The van der Waals surface area contributed by atoms with Crippen molar-refractivity contribution in [2.45, 2.75) is 27.3 Å². The van der Waals surface area contributed by atoms with E-state index in [9.17, 15) is 14.9 Å². The first kappa shape index (κ1) is 20.5. The van der Waals surface area contributed by atoms with Gasteiger partial charge in [0, 0.05) is 6.08 Å². The molecule has 158 valence electrons. The Kier molecular flexibility index (Phi) is 5.15. The predicted molar refractivity (Wildman–Crippen MR) is 119 cm³/mol. The topological polar surface area (TPSA) is 106 Å². The molecule has 1 fully saturated rings. The molecule has 9 nitrogen and oxygen atoms in total. The molecule has 0 saturated carbocycles. The van der Waals surface area contributed by atoms with Crippen LogP contribution in [0.5, 0.6) is 0 Å². The average Bonchev–Trinajstić information content (AvgIpc) is 3.34. The third kappa shape index (κ3) is 3.73. The van der Waals surface area contributed by atoms with Crippen LogP contribution in [0.4, 0.5) is 11.4 Å². The summed E-state index contributed by atoms with van der Waals surface area (Å²) in [6, 6.07) is 11.0. The van der Waals surface area contributed by atoms with Crippen LogP contribution >= 0.6 is 12.2 Å². The second kappa shape index (κ2) is 7.80. The molecule has 1 aliphatic rings. The number of nitrogens with one attached hydrogen (secondary N) is 1. The molecule has 3 aromatic rings. The lowest BCUT2D eigenvalue weighted by molar-refractivity contribution is -0.386. The lowest BCUT2D eigenvalue weighted by Crippen LogP contribution is -2.30. The second-order valence-corrected chi connectivity index (χ2v) is 7.54. The number of anilines is 1. The number of furan rings is 1. The van der Waals surface area contributed by atoms with Crippen molar-refractivity contribution in [1.82, 2.24) is 15.1 Å². The minimum absolute atomic E-state index is 0.000501. The third-order valence-corrected chi connectivity index (χ3v) is 5.32. The number of benzene rings is 1. The van der Waals surface area contributed by atoms with Crippen molar-refractivity contribution in [1.29, 1.82) is 0 Å². The summed E-state index contributed by atoms with van der Waals surface area (Å²) in [7, 11) is 0. The van der Waals surface area contributed by atoms with Crippen molar-refractivity contribution in [3.05, 3.63) is 80.7 Å². The van der Waals surface area contributed by atoms with Gasteiger partial charge < -0.3 is 9.73 Å². The Morgan fingerprint density at radius 2 is 1.97 bits per heavy atom. The van der Waals surface area contributed by atoms with Crippen LogP contribution in [0.3, 0.4) is 0 Å². The zero-order valence-corrected chi connectivity index (χ0v) is 17.9. The van der Waals surface area contributed by atoms with E-state index in [1.54, 1.807) is 32.1 Å². The fourth-order valence-electron chi connectivity index (χ4n) is 3.52. The van der Waals surface area contributed by atoms with E-state index in [1.165, 1.54) is 9.58 Å². The minimum Gasteiger partial charge on any atom is -0.460 e. The summed E-state index contributed by atoms with van der Waals surface area (Å²) in [5.74, 6) is 0.735. The third-order valence-electron chi connectivity index (χ3n) is 5.04. The maximum atomic E-state index is 12.9. The van der Waals surface area contributed by atoms with E-state index >= 15 is 0 Å². The second-order valence-electron chi connectivity index (χ2n) is 7.15. The van der Waals surface area contributed by atoms with E-state index < -0.39 is 4.92 Å². The number of nitro groups is 1. The fourth-order valence-corrected chi connectivity index (χ4v) is 3.81. The first-order chi connectivity index (χ1) is 14.8. The molecule has 1 aromatic carbocycles. The number of carbonyl (C=O) groups is 1. The van der Waals surface area contributed by atoms with Gasteiger partial charge in [-0.05, 0) is 56.8 Å². The highest BCUT2D eigenvalue weighted by atomic mass is 32.1. The Hall–Kier alpha value is -3.79. The summed E-state index contributed by atoms with van der Waals surface area (Å²) >= 11 is 5.35. The molecule has 0 aliphatic carbocycles. The van der Waals surface area contributed by atoms with Gasteiger partial charge in [-0.25, -0.2) is 0 Å². The van der Waals surface area contributed by atoms with Gasteiger partial charge in [0.2, 0.25) is 0 Å². The van der Waals surface area contributed by atoms with E-state index in [0.717, 1.165) is 11.3 Å². The van der Waals surface area contributed by atoms with Crippen LogP contribution in [0, 0.1) is 30.9 Å². The Bertz CT molecular complexity index is 1260. The van der Waals surface area contributed by atoms with Crippen LogP contribution in [0.2, 0.25) is 0 Å². The Balaban J connectivity index is 1.56. The zero-order chi connectivity index (χ0) is 22.3. The van der Waals surface area contributed by atoms with Crippen molar-refractivity contribution in [3.63, 3.8) is 0 Å². The molecule has 1 saturated heterocycles. The Labute approximate surface area is 183 Å². The van der Waals surface area contributed by atoms with Gasteiger partial charge in [0.15, 0.2) is 5.11 Å². The largest absolute Gasteiger partial charge is 0.460 e. The quantitative estimate of drug-likeness (QED) is 0.281. The smallest absolute Gasteiger partial charge is 0.312 e. The summed E-state index contributed by atoms with van der Waals surface area (Å²) in [6.07, 6.45) is 1.58. The van der Waals surface area contributed by atoms with Gasteiger partial charge in [0.05, 0.1) is 17.2 Å². The molecule has 1 N–H and O–H groups in total. The number of aromatic nitrogens is 2. The highest BCUT2D eigenvalue weighted by Crippen LogP contribution is 2.26. The number of para-hydroxylation sites is 1. The number of carbonyl (C=O) groups excluding carboxylic acids is 1. The molecule has 0 bridgehead atoms. The standard InChI is InChI=1S/C21H19N5O4S/c1-12-6-4-5-7-18(12)25-20(27)17(22-21(25)31)10-15-8-9-16(30-15)11-24-14(3)19(26(28)29)13(2)23-24/h4-10H,11H2,1-3H3,(H,22,31)/b17-10+. The Morgan fingerprint density at radius 1 is 1.23 bits per heavy atom. The lowest BCUT2D eigenvalue weighted by Gasteiger charge is -2.16. The van der Waals surface area contributed by atoms with Crippen LogP contribution in [-0.4, -0.2) is 25.7 Å². The van der Waals surface area contributed by atoms with Gasteiger partial charge in [-0.2, -0.15) is 5.10 Å². The summed E-state index contributed by atoms with van der Waals surface area (Å²) in [5, 5.41) is 18.6. The predicted octanol–water partition coefficient (Wildman–Crippen LogP) is 3.62. The van der Waals surface area contributed by atoms with E-state index in [4.69, 9.17) is 16.6 Å². The van der Waals surface area contributed by atoms with E-state index in [1.807, 2.05) is 31.2 Å². The van der Waals surface area contributed by atoms with E-state index in [2.05, 4.69) is 10.4 Å². The molecule has 0 spiro atoms. The fraction of sp³-hybridized carbons (Fsp3) is 0.190. The Morgan fingerprint density at radius 3 is 2.65 bits per heavy atom. The van der Waals surface area contributed by atoms with Crippen LogP contribution in [0.1, 0.15) is 28.5 Å². The monoisotopic (exact) mass is 437 g/mol. The number of amides is 1. The van der Waals surface area contributed by atoms with E-state index in [-0.39, 0.29) is 18.1 Å². The van der Waals surface area contributed by atoms with Gasteiger partial charge in [-0.1, -0.05) is 18.2 Å². The summed E-state index contributed by atoms with van der Waals surface area (Å²) < 4.78 is 7.33. The van der Waals surface area contributed by atoms with E-state index in [0.29, 0.717) is 33.7 Å². The van der Waals surface area contributed by atoms with Gasteiger partial charge >= 0.3 is 5.69 Å². The van der Waals surface area contributed by atoms with Gasteiger partial charge in [0.1, 0.15) is 28.6 Å². The normalized spacial score (nSPS) is 15.1. The number of thiocarbonyl (C=S) groups is 1. The van der Waals surface area contributed by atoms with Crippen LogP contribution < -0.4 is 10.2 Å². The molecule has 3 heterocycles. The van der Waals surface area contributed by atoms with Crippen LogP contribution in [0.15, 0.2) is 46.5 Å². The summed E-state index contributed by atoms with van der Waals surface area (Å²) in [6.45, 7) is 5.39. The molecule has 0 radical (unpaired) electrons. The summed E-state index contributed by atoms with van der Waals surface area (Å²) in [4.78, 5) is 25.1. The first-order valence-corrected chi connectivity index (χ1v) is 9.87. The number of hydrogen-bond acceptors (Lipinski definition) is 6. The van der Waals surface area contributed by atoms with Gasteiger partial charge in [-0.15, -0.1) is 0 Å². The minimum atomic E-state index is -0.438.